The smallest absolute Gasteiger partial charge is 0.324 e. The Morgan fingerprint density at radius 3 is 2.30 bits per heavy atom. The van der Waals surface area contributed by atoms with E-state index in [-0.39, 0.29) is 0 Å². The molecular weight excluding hydrogens is 381 g/mol. The monoisotopic (exact) mass is 400 g/mol. The fourth-order valence-electron chi connectivity index (χ4n) is 2.48. The molecule has 1 amide bonds. The zero-order valence-corrected chi connectivity index (χ0v) is 15.7. The molecule has 0 aliphatic heterocycles. The summed E-state index contributed by atoms with van der Waals surface area (Å²) < 4.78 is 66.0. The van der Waals surface area contributed by atoms with Crippen molar-refractivity contribution in [3.63, 3.8) is 0 Å². The maximum atomic E-state index is 13.1. The first-order valence-electron chi connectivity index (χ1n) is 7.98. The first-order chi connectivity index (χ1) is 12.4. The van der Waals surface area contributed by atoms with Crippen LogP contribution in [0.25, 0.3) is 0 Å². The first-order valence-corrected chi connectivity index (χ1v) is 9.47. The highest BCUT2D eigenvalue weighted by Crippen LogP contribution is 2.33. The summed E-state index contributed by atoms with van der Waals surface area (Å²) in [5.74, 6) is -0.685. The number of alkyl halides is 3. The van der Waals surface area contributed by atoms with Crippen molar-refractivity contribution in [1.82, 2.24) is 4.72 Å². The number of hydrogen-bond donors (Lipinski definition) is 2. The van der Waals surface area contributed by atoms with Crippen LogP contribution in [0.4, 0.5) is 18.9 Å². The molecule has 0 aliphatic rings. The molecule has 1 atom stereocenters. The molecule has 9 heteroatoms. The van der Waals surface area contributed by atoms with Gasteiger partial charge in [-0.2, -0.15) is 17.9 Å². The number of amides is 1. The minimum atomic E-state index is -4.84. The van der Waals surface area contributed by atoms with Crippen LogP contribution in [0.1, 0.15) is 23.6 Å². The molecular formula is C18H19F3N2O3S. The lowest BCUT2D eigenvalue weighted by molar-refractivity contribution is -0.139. The topological polar surface area (TPSA) is 75.3 Å². The van der Waals surface area contributed by atoms with Crippen molar-refractivity contribution in [2.45, 2.75) is 37.9 Å². The van der Waals surface area contributed by atoms with Gasteiger partial charge in [0.2, 0.25) is 15.9 Å². The number of sulfonamides is 1. The molecule has 27 heavy (non-hydrogen) atoms. The Hall–Kier alpha value is -2.39. The molecule has 146 valence electrons. The third kappa shape index (κ3) is 5.08. The maximum Gasteiger partial charge on any atom is 0.417 e. The number of halogens is 3. The van der Waals surface area contributed by atoms with Crippen LogP contribution in [0.15, 0.2) is 47.4 Å². The molecule has 0 aliphatic carbocycles. The van der Waals surface area contributed by atoms with Gasteiger partial charge >= 0.3 is 6.18 Å². The van der Waals surface area contributed by atoms with E-state index in [2.05, 4.69) is 5.32 Å². The van der Waals surface area contributed by atoms with Gasteiger partial charge in [0.15, 0.2) is 0 Å². The van der Waals surface area contributed by atoms with Crippen LogP contribution in [0.5, 0.6) is 0 Å². The van der Waals surface area contributed by atoms with Gasteiger partial charge in [0.05, 0.1) is 16.5 Å². The van der Waals surface area contributed by atoms with Crippen LogP contribution >= 0.6 is 0 Å². The Morgan fingerprint density at radius 1 is 1.07 bits per heavy atom. The molecule has 0 saturated carbocycles. The highest BCUT2D eigenvalue weighted by atomic mass is 32.2. The van der Waals surface area contributed by atoms with Gasteiger partial charge in [-0.15, -0.1) is 0 Å². The standard InChI is InChI=1S/C18H19F3N2O3S/c1-11-8-9-15(12(2)10-11)22-17(24)13(3)23-27(25,26)16-7-5-4-6-14(16)18(19,20)21/h4-10,13,23H,1-3H3,(H,22,24)/t13-/m0/s1. The number of carbonyl (C=O) groups is 1. The molecule has 2 N–H and O–H groups in total. The molecule has 0 unspecified atom stereocenters. The molecule has 0 saturated heterocycles. The van der Waals surface area contributed by atoms with E-state index in [9.17, 15) is 26.4 Å². The van der Waals surface area contributed by atoms with E-state index in [1.165, 1.54) is 13.0 Å². The maximum absolute atomic E-state index is 13.1. The number of benzene rings is 2. The van der Waals surface area contributed by atoms with E-state index < -0.39 is 38.6 Å². The fraction of sp³-hybridized carbons (Fsp3) is 0.278. The van der Waals surface area contributed by atoms with Crippen LogP contribution in [0.2, 0.25) is 0 Å². The summed E-state index contributed by atoms with van der Waals surface area (Å²) in [5.41, 5.74) is 0.968. The van der Waals surface area contributed by atoms with Crippen molar-refractivity contribution in [2.24, 2.45) is 0 Å². The van der Waals surface area contributed by atoms with Gasteiger partial charge in [-0.05, 0) is 44.5 Å². The molecule has 5 nitrogen and oxygen atoms in total. The van der Waals surface area contributed by atoms with Crippen molar-refractivity contribution in [3.8, 4) is 0 Å². The molecule has 2 aromatic rings. The van der Waals surface area contributed by atoms with E-state index in [0.717, 1.165) is 23.3 Å². The van der Waals surface area contributed by atoms with Crippen molar-refractivity contribution < 1.29 is 26.4 Å². The lowest BCUT2D eigenvalue weighted by atomic mass is 10.1. The Morgan fingerprint density at radius 2 is 1.70 bits per heavy atom. The Bertz CT molecular complexity index is 957. The zero-order chi connectivity index (χ0) is 20.4. The second kappa shape index (κ2) is 7.69. The number of aryl methyl sites for hydroxylation is 2. The number of carbonyl (C=O) groups excluding carboxylic acids is 1. The fourth-order valence-corrected chi connectivity index (χ4v) is 3.91. The molecule has 0 spiro atoms. The van der Waals surface area contributed by atoms with Gasteiger partial charge in [0.25, 0.3) is 0 Å². The van der Waals surface area contributed by atoms with Gasteiger partial charge < -0.3 is 5.32 Å². The Balaban J connectivity index is 2.21. The Labute approximate surface area is 155 Å². The van der Waals surface area contributed by atoms with E-state index in [4.69, 9.17) is 0 Å². The second-order valence-corrected chi connectivity index (χ2v) is 7.83. The lowest BCUT2D eigenvalue weighted by Gasteiger charge is -2.18. The van der Waals surface area contributed by atoms with Gasteiger partial charge in [-0.3, -0.25) is 4.79 Å². The normalized spacial score (nSPS) is 13.3. The molecule has 2 rings (SSSR count). The van der Waals surface area contributed by atoms with Crippen LogP contribution in [0, 0.1) is 13.8 Å². The summed E-state index contributed by atoms with van der Waals surface area (Å²) in [7, 11) is -4.56. The number of rotatable bonds is 5. The van der Waals surface area contributed by atoms with Crippen LogP contribution in [-0.2, 0) is 21.0 Å². The summed E-state index contributed by atoms with van der Waals surface area (Å²) in [6.07, 6.45) is -4.84. The summed E-state index contributed by atoms with van der Waals surface area (Å²) in [6, 6.07) is 7.80. The van der Waals surface area contributed by atoms with Crippen molar-refractivity contribution in [1.29, 1.82) is 0 Å². The van der Waals surface area contributed by atoms with E-state index in [1.54, 1.807) is 19.1 Å². The molecule has 2 aromatic carbocycles. The quantitative estimate of drug-likeness (QED) is 0.805. The second-order valence-electron chi connectivity index (χ2n) is 6.14. The van der Waals surface area contributed by atoms with Gasteiger partial charge in [0, 0.05) is 5.69 Å². The van der Waals surface area contributed by atoms with Gasteiger partial charge in [-0.1, -0.05) is 29.8 Å². The number of hydrogen-bond acceptors (Lipinski definition) is 3. The van der Waals surface area contributed by atoms with Gasteiger partial charge in [-0.25, -0.2) is 8.42 Å². The predicted octanol–water partition coefficient (Wildman–Crippen LogP) is 3.63. The largest absolute Gasteiger partial charge is 0.417 e. The van der Waals surface area contributed by atoms with Crippen LogP contribution < -0.4 is 10.0 Å². The molecule has 0 radical (unpaired) electrons. The molecule has 0 bridgehead atoms. The molecule has 0 fully saturated rings. The number of nitrogens with one attached hydrogen (secondary N) is 2. The highest BCUT2D eigenvalue weighted by molar-refractivity contribution is 7.89. The third-order valence-electron chi connectivity index (χ3n) is 3.85. The van der Waals surface area contributed by atoms with Gasteiger partial charge in [0.1, 0.15) is 0 Å². The molecule has 0 aromatic heterocycles. The zero-order valence-electron chi connectivity index (χ0n) is 14.9. The number of anilines is 1. The third-order valence-corrected chi connectivity index (χ3v) is 5.45. The minimum absolute atomic E-state index is 0.493. The average molecular weight is 400 g/mol. The molecule has 0 heterocycles. The first kappa shape index (κ1) is 20.9. The van der Waals surface area contributed by atoms with E-state index in [0.29, 0.717) is 11.8 Å². The van der Waals surface area contributed by atoms with E-state index >= 15 is 0 Å². The summed E-state index contributed by atoms with van der Waals surface area (Å²) >= 11 is 0. The van der Waals surface area contributed by atoms with Crippen LogP contribution in [-0.4, -0.2) is 20.4 Å². The Kier molecular flexibility index (Phi) is 5.96. The summed E-state index contributed by atoms with van der Waals surface area (Å²) in [5, 5.41) is 2.57. The highest BCUT2D eigenvalue weighted by Gasteiger charge is 2.37. The van der Waals surface area contributed by atoms with Crippen molar-refractivity contribution >= 4 is 21.6 Å². The SMILES string of the molecule is Cc1ccc(NC(=O)[C@H](C)NS(=O)(=O)c2ccccc2C(F)(F)F)c(C)c1. The van der Waals surface area contributed by atoms with Crippen molar-refractivity contribution in [2.75, 3.05) is 5.32 Å². The summed E-state index contributed by atoms with van der Waals surface area (Å²) in [4.78, 5) is 11.4. The predicted molar refractivity (Wildman–Crippen MR) is 95.8 cm³/mol. The lowest BCUT2D eigenvalue weighted by Crippen LogP contribution is -2.42. The minimum Gasteiger partial charge on any atom is -0.324 e. The van der Waals surface area contributed by atoms with Crippen molar-refractivity contribution in [3.05, 3.63) is 59.2 Å². The van der Waals surface area contributed by atoms with E-state index in [1.807, 2.05) is 17.7 Å². The average Bonchev–Trinajstić information content (AvgIpc) is 2.56. The van der Waals surface area contributed by atoms with Crippen LogP contribution in [0.3, 0.4) is 0 Å². The summed E-state index contributed by atoms with van der Waals surface area (Å²) in [6.45, 7) is 4.91.